The van der Waals surface area contributed by atoms with Crippen molar-refractivity contribution in [1.29, 1.82) is 0 Å². The van der Waals surface area contributed by atoms with E-state index in [1.807, 2.05) is 6.92 Å². The first kappa shape index (κ1) is 15.5. The quantitative estimate of drug-likeness (QED) is 0.851. The summed E-state index contributed by atoms with van der Waals surface area (Å²) >= 11 is 11.6. The molecule has 20 heavy (non-hydrogen) atoms. The molecule has 1 aromatic rings. The normalized spacial score (nSPS) is 22.9. The Kier molecular flexibility index (Phi) is 4.86. The largest absolute Gasteiger partial charge is 0.394 e. The molecule has 7 heteroatoms. The number of benzene rings is 1. The van der Waals surface area contributed by atoms with Crippen molar-refractivity contribution in [2.75, 3.05) is 19.8 Å². The zero-order valence-electron chi connectivity index (χ0n) is 10.8. The molecule has 0 aliphatic carbocycles. The van der Waals surface area contributed by atoms with Crippen LogP contribution in [0.3, 0.4) is 0 Å². The first-order chi connectivity index (χ1) is 9.43. The number of aliphatic hydroxyl groups excluding tert-OH is 1. The third-order valence-corrected chi connectivity index (χ3v) is 3.81. The van der Waals surface area contributed by atoms with Crippen molar-refractivity contribution >= 4 is 29.1 Å². The molecule has 0 aromatic heterocycles. The molecular weight excluding hydrogens is 308 g/mol. The predicted octanol–water partition coefficient (Wildman–Crippen LogP) is 2.35. The van der Waals surface area contributed by atoms with Crippen LogP contribution in [0.5, 0.6) is 0 Å². The van der Waals surface area contributed by atoms with Gasteiger partial charge in [0.2, 0.25) is 0 Å². The highest BCUT2D eigenvalue weighted by Gasteiger charge is 2.31. The summed E-state index contributed by atoms with van der Waals surface area (Å²) in [5.41, 5.74) is 0.0546. The number of aliphatic hydroxyl groups is 1. The second-order valence-corrected chi connectivity index (χ2v) is 5.51. The summed E-state index contributed by atoms with van der Waals surface area (Å²) in [5, 5.41) is 9.08. The first-order valence-electron chi connectivity index (χ1n) is 6.12. The molecule has 0 bridgehead atoms. The highest BCUT2D eigenvalue weighted by atomic mass is 35.5. The lowest BCUT2D eigenvalue weighted by molar-refractivity contribution is -0.0667. The van der Waals surface area contributed by atoms with Crippen molar-refractivity contribution in [2.45, 2.75) is 19.1 Å². The number of carbonyl (C=O) groups excluding carboxylic acids is 1. The summed E-state index contributed by atoms with van der Waals surface area (Å²) in [6.07, 6.45) is -0.439. The van der Waals surface area contributed by atoms with Gasteiger partial charge in [0, 0.05) is 6.54 Å². The van der Waals surface area contributed by atoms with Crippen LogP contribution >= 0.6 is 23.2 Å². The zero-order chi connectivity index (χ0) is 14.9. The fourth-order valence-corrected chi connectivity index (χ4v) is 2.52. The molecular formula is C13H14Cl2FNO3. The Hall–Kier alpha value is -0.880. The average molecular weight is 322 g/mol. The summed E-state index contributed by atoms with van der Waals surface area (Å²) in [5.74, 6) is -1.10. The second-order valence-electron chi connectivity index (χ2n) is 4.69. The molecule has 1 saturated heterocycles. The Morgan fingerprint density at radius 1 is 1.50 bits per heavy atom. The minimum atomic E-state index is -0.695. The zero-order valence-corrected chi connectivity index (χ0v) is 12.3. The van der Waals surface area contributed by atoms with Crippen molar-refractivity contribution in [3.05, 3.63) is 33.6 Å². The van der Waals surface area contributed by atoms with Crippen LogP contribution in [0.15, 0.2) is 12.1 Å². The number of rotatable bonds is 2. The van der Waals surface area contributed by atoms with Crippen LogP contribution in [0.1, 0.15) is 17.3 Å². The monoisotopic (exact) mass is 321 g/mol. The lowest BCUT2D eigenvalue weighted by Crippen LogP contribution is -2.52. The van der Waals surface area contributed by atoms with Gasteiger partial charge < -0.3 is 14.7 Å². The van der Waals surface area contributed by atoms with E-state index < -0.39 is 17.8 Å². The number of amides is 1. The van der Waals surface area contributed by atoms with Gasteiger partial charge in [0.1, 0.15) is 5.82 Å². The van der Waals surface area contributed by atoms with Gasteiger partial charge in [0.15, 0.2) is 0 Å². The number of nitrogens with zero attached hydrogens (tertiary/aromatic N) is 1. The molecule has 1 aromatic carbocycles. The van der Waals surface area contributed by atoms with Gasteiger partial charge in [-0.25, -0.2) is 4.39 Å². The Labute approximate surface area is 126 Å². The molecule has 0 radical (unpaired) electrons. The van der Waals surface area contributed by atoms with E-state index in [2.05, 4.69) is 0 Å². The van der Waals surface area contributed by atoms with E-state index in [4.69, 9.17) is 33.0 Å². The Bertz CT molecular complexity index is 527. The third kappa shape index (κ3) is 3.06. The molecule has 1 heterocycles. The van der Waals surface area contributed by atoms with E-state index in [1.54, 1.807) is 0 Å². The van der Waals surface area contributed by atoms with E-state index in [-0.39, 0.29) is 34.8 Å². The van der Waals surface area contributed by atoms with Crippen molar-refractivity contribution in [3.63, 3.8) is 0 Å². The molecule has 1 amide bonds. The van der Waals surface area contributed by atoms with Gasteiger partial charge in [-0.1, -0.05) is 23.2 Å². The van der Waals surface area contributed by atoms with Gasteiger partial charge in [-0.3, -0.25) is 4.79 Å². The Morgan fingerprint density at radius 3 is 2.85 bits per heavy atom. The maximum absolute atomic E-state index is 13.5. The van der Waals surface area contributed by atoms with Crippen molar-refractivity contribution in [2.24, 2.45) is 0 Å². The van der Waals surface area contributed by atoms with Gasteiger partial charge in [0.05, 0.1) is 41.0 Å². The minimum Gasteiger partial charge on any atom is -0.394 e. The van der Waals surface area contributed by atoms with Crippen molar-refractivity contribution in [3.8, 4) is 0 Å². The summed E-state index contributed by atoms with van der Waals surface area (Å²) < 4.78 is 18.9. The summed E-state index contributed by atoms with van der Waals surface area (Å²) in [7, 11) is 0. The van der Waals surface area contributed by atoms with Gasteiger partial charge in [-0.15, -0.1) is 0 Å². The molecule has 2 rings (SSSR count). The van der Waals surface area contributed by atoms with E-state index in [1.165, 1.54) is 11.0 Å². The van der Waals surface area contributed by atoms with Crippen LogP contribution in [-0.4, -0.2) is 47.8 Å². The lowest BCUT2D eigenvalue weighted by Gasteiger charge is -2.37. The topological polar surface area (TPSA) is 49.8 Å². The fraction of sp³-hybridized carbons (Fsp3) is 0.462. The Morgan fingerprint density at radius 2 is 2.20 bits per heavy atom. The van der Waals surface area contributed by atoms with Crippen LogP contribution in [0.25, 0.3) is 0 Å². The molecule has 4 nitrogen and oxygen atoms in total. The minimum absolute atomic E-state index is 0.0546. The number of morpholine rings is 1. The second kappa shape index (κ2) is 6.26. The van der Waals surface area contributed by atoms with Gasteiger partial charge in [-0.2, -0.15) is 0 Å². The van der Waals surface area contributed by atoms with E-state index >= 15 is 0 Å². The summed E-state index contributed by atoms with van der Waals surface area (Å²) in [6.45, 7) is 2.17. The Balaban J connectivity index is 2.28. The van der Waals surface area contributed by atoms with E-state index in [0.717, 1.165) is 6.07 Å². The molecule has 0 saturated carbocycles. The molecule has 2 unspecified atom stereocenters. The van der Waals surface area contributed by atoms with Crippen LogP contribution in [0, 0.1) is 5.82 Å². The molecule has 0 spiro atoms. The van der Waals surface area contributed by atoms with Crippen molar-refractivity contribution in [1.82, 2.24) is 4.90 Å². The van der Waals surface area contributed by atoms with E-state index in [0.29, 0.717) is 6.61 Å². The van der Waals surface area contributed by atoms with Crippen LogP contribution < -0.4 is 0 Å². The van der Waals surface area contributed by atoms with Gasteiger partial charge >= 0.3 is 0 Å². The smallest absolute Gasteiger partial charge is 0.255 e. The summed E-state index contributed by atoms with van der Waals surface area (Å²) in [4.78, 5) is 14.0. The number of ether oxygens (including phenoxy) is 1. The molecule has 1 fully saturated rings. The molecule has 1 aliphatic rings. The number of carbonyl (C=O) groups is 1. The number of hydrogen-bond donors (Lipinski definition) is 1. The van der Waals surface area contributed by atoms with Crippen LogP contribution in [-0.2, 0) is 4.74 Å². The molecule has 1 aliphatic heterocycles. The number of halogens is 3. The SMILES string of the molecule is CC1COC(CO)CN1C(=O)c1cc(F)c(Cl)cc1Cl. The van der Waals surface area contributed by atoms with Gasteiger partial charge in [0.25, 0.3) is 5.91 Å². The molecule has 2 atom stereocenters. The van der Waals surface area contributed by atoms with Gasteiger partial charge in [-0.05, 0) is 19.1 Å². The standard InChI is InChI=1S/C13H14Cl2FNO3/c1-7-6-20-8(5-18)4-17(7)13(19)9-2-12(16)11(15)3-10(9)14/h2-3,7-8,18H,4-6H2,1H3. The third-order valence-electron chi connectivity index (χ3n) is 3.21. The fourth-order valence-electron chi connectivity index (χ4n) is 2.05. The molecule has 110 valence electrons. The van der Waals surface area contributed by atoms with Crippen LogP contribution in [0.2, 0.25) is 10.0 Å². The maximum atomic E-state index is 13.5. The highest BCUT2D eigenvalue weighted by Crippen LogP contribution is 2.26. The van der Waals surface area contributed by atoms with E-state index in [9.17, 15) is 9.18 Å². The maximum Gasteiger partial charge on any atom is 0.255 e. The summed E-state index contributed by atoms with van der Waals surface area (Å²) in [6, 6.07) is 2.06. The predicted molar refractivity (Wildman–Crippen MR) is 73.7 cm³/mol. The average Bonchev–Trinajstić information content (AvgIpc) is 2.42. The molecule has 1 N–H and O–H groups in total. The number of hydrogen-bond acceptors (Lipinski definition) is 3. The first-order valence-corrected chi connectivity index (χ1v) is 6.87. The van der Waals surface area contributed by atoms with Crippen molar-refractivity contribution < 1.29 is 19.0 Å². The van der Waals surface area contributed by atoms with Crippen LogP contribution in [0.4, 0.5) is 4.39 Å². The lowest BCUT2D eigenvalue weighted by atomic mass is 10.1. The highest BCUT2D eigenvalue weighted by molar-refractivity contribution is 6.36.